The molecule has 3 N–H and O–H groups in total. The molecule has 28 heavy (non-hydrogen) atoms. The zero-order chi connectivity index (χ0) is 19.7. The maximum atomic E-state index is 12.8. The average Bonchev–Trinajstić information content (AvgIpc) is 3.27. The number of amides is 3. The molecule has 1 aliphatic carbocycles. The van der Waals surface area contributed by atoms with E-state index in [-0.39, 0.29) is 29.7 Å². The van der Waals surface area contributed by atoms with Crippen LogP contribution in [0.3, 0.4) is 0 Å². The van der Waals surface area contributed by atoms with E-state index in [4.69, 9.17) is 4.74 Å². The van der Waals surface area contributed by atoms with Crippen LogP contribution in [0.15, 0.2) is 29.2 Å². The number of alkyl carbamates (subject to hydrolysis) is 1. The third kappa shape index (κ3) is 4.10. The molecule has 0 bridgehead atoms. The van der Waals surface area contributed by atoms with Crippen molar-refractivity contribution in [2.75, 3.05) is 17.7 Å². The molecule has 1 saturated carbocycles. The number of imide groups is 1. The van der Waals surface area contributed by atoms with Crippen molar-refractivity contribution in [2.45, 2.75) is 35.4 Å². The number of anilines is 1. The van der Waals surface area contributed by atoms with Crippen LogP contribution in [0.25, 0.3) is 0 Å². The van der Waals surface area contributed by atoms with E-state index in [1.807, 2.05) is 24.3 Å². The Morgan fingerprint density at radius 3 is 2.71 bits per heavy atom. The Bertz CT molecular complexity index is 761. The van der Waals surface area contributed by atoms with Gasteiger partial charge in [-0.2, -0.15) is 0 Å². The molecule has 2 aliphatic heterocycles. The highest BCUT2D eigenvalue weighted by molar-refractivity contribution is 8.01. The van der Waals surface area contributed by atoms with Crippen LogP contribution in [-0.2, 0) is 14.3 Å². The first-order chi connectivity index (χ1) is 13.6. The van der Waals surface area contributed by atoms with Gasteiger partial charge in [0.05, 0.1) is 17.9 Å². The molecular weight excluding hydrogens is 398 g/mol. The van der Waals surface area contributed by atoms with Crippen molar-refractivity contribution < 1.29 is 19.1 Å². The Morgan fingerprint density at radius 1 is 1.21 bits per heavy atom. The zero-order valence-electron chi connectivity index (χ0n) is 15.5. The van der Waals surface area contributed by atoms with Gasteiger partial charge in [0.15, 0.2) is 5.37 Å². The molecular formula is C19H23N3O4S2. The normalized spacial score (nSPS) is 28.2. The molecule has 0 radical (unpaired) electrons. The minimum absolute atomic E-state index is 0.149. The quantitative estimate of drug-likeness (QED) is 0.672. The number of ether oxygens (including phenoxy) is 1. The molecule has 1 aromatic carbocycles. The number of carbonyl (C=O) groups excluding carboxylic acids is 3. The van der Waals surface area contributed by atoms with Gasteiger partial charge in [-0.05, 0) is 49.5 Å². The average molecular weight is 422 g/mol. The van der Waals surface area contributed by atoms with Crippen molar-refractivity contribution in [1.29, 1.82) is 0 Å². The molecule has 1 aromatic rings. The smallest absolute Gasteiger partial charge is 0.413 e. The molecule has 1 saturated heterocycles. The Hall–Kier alpha value is -1.87. The van der Waals surface area contributed by atoms with Crippen LogP contribution in [0.4, 0.5) is 10.5 Å². The summed E-state index contributed by atoms with van der Waals surface area (Å²) >= 11 is 3.05. The number of thioether (sulfide) groups is 2. The minimum Gasteiger partial charge on any atom is -0.450 e. The van der Waals surface area contributed by atoms with Crippen LogP contribution >= 0.6 is 23.5 Å². The van der Waals surface area contributed by atoms with Gasteiger partial charge < -0.3 is 15.4 Å². The number of hydrogen-bond donors (Lipinski definition) is 3. The molecule has 0 aromatic heterocycles. The van der Waals surface area contributed by atoms with Gasteiger partial charge in [-0.3, -0.25) is 14.9 Å². The summed E-state index contributed by atoms with van der Waals surface area (Å²) in [5.74, 6) is 0.536. The molecule has 150 valence electrons. The van der Waals surface area contributed by atoms with E-state index in [1.165, 1.54) is 11.8 Å². The van der Waals surface area contributed by atoms with Gasteiger partial charge in [-0.15, -0.1) is 11.8 Å². The van der Waals surface area contributed by atoms with Gasteiger partial charge in [0.1, 0.15) is 0 Å². The predicted molar refractivity (Wildman–Crippen MR) is 109 cm³/mol. The fourth-order valence-electron chi connectivity index (χ4n) is 3.74. The fourth-order valence-corrected chi connectivity index (χ4v) is 6.40. The van der Waals surface area contributed by atoms with Crippen molar-refractivity contribution in [3.8, 4) is 0 Å². The van der Waals surface area contributed by atoms with Gasteiger partial charge in [-0.1, -0.05) is 23.9 Å². The molecule has 7 nitrogen and oxygen atoms in total. The first-order valence-electron chi connectivity index (χ1n) is 9.48. The monoisotopic (exact) mass is 421 g/mol. The number of rotatable bonds is 5. The van der Waals surface area contributed by atoms with Gasteiger partial charge in [0.2, 0.25) is 5.91 Å². The lowest BCUT2D eigenvalue weighted by molar-refractivity contribution is -0.126. The predicted octanol–water partition coefficient (Wildman–Crippen LogP) is 2.63. The number of hydrogen-bond acceptors (Lipinski definition) is 7. The molecule has 0 spiro atoms. The molecule has 3 amide bonds. The highest BCUT2D eigenvalue weighted by atomic mass is 32.2. The standard InChI is InChI=1S/C19H23N3O4S2/c1-2-26-19(25)22-15(23)14-11(10-7-8-10)9-27-17(14)21-16(24)18-20-12-5-3-4-6-13(12)28-18/h3-6,10-11,14,17-18,20H,2,7-9H2,1H3,(H,21,24)(H,22,23,25). The van der Waals surface area contributed by atoms with E-state index >= 15 is 0 Å². The lowest BCUT2D eigenvalue weighted by Crippen LogP contribution is -2.49. The Labute approximate surface area is 172 Å². The van der Waals surface area contributed by atoms with Crippen LogP contribution in [0.1, 0.15) is 19.8 Å². The van der Waals surface area contributed by atoms with Crippen molar-refractivity contribution in [2.24, 2.45) is 17.8 Å². The number of carbonyl (C=O) groups is 3. The van der Waals surface area contributed by atoms with Crippen LogP contribution in [0.5, 0.6) is 0 Å². The third-order valence-corrected chi connectivity index (χ3v) is 7.75. The van der Waals surface area contributed by atoms with Crippen molar-refractivity contribution in [3.63, 3.8) is 0 Å². The summed E-state index contributed by atoms with van der Waals surface area (Å²) in [5.41, 5.74) is 0.944. The molecule has 2 fully saturated rings. The molecule has 2 heterocycles. The summed E-state index contributed by atoms with van der Waals surface area (Å²) in [6.07, 6.45) is 1.47. The molecule has 4 unspecified atom stereocenters. The van der Waals surface area contributed by atoms with Gasteiger partial charge in [0.25, 0.3) is 5.91 Å². The van der Waals surface area contributed by atoms with Crippen molar-refractivity contribution >= 4 is 47.1 Å². The van der Waals surface area contributed by atoms with E-state index < -0.39 is 17.4 Å². The highest BCUT2D eigenvalue weighted by Crippen LogP contribution is 2.49. The van der Waals surface area contributed by atoms with E-state index in [0.717, 1.165) is 29.2 Å². The van der Waals surface area contributed by atoms with Crippen LogP contribution in [0.2, 0.25) is 0 Å². The zero-order valence-corrected chi connectivity index (χ0v) is 17.1. The number of benzene rings is 1. The van der Waals surface area contributed by atoms with Gasteiger partial charge >= 0.3 is 6.09 Å². The topological polar surface area (TPSA) is 96.5 Å². The van der Waals surface area contributed by atoms with E-state index in [0.29, 0.717) is 5.92 Å². The van der Waals surface area contributed by atoms with E-state index in [2.05, 4.69) is 16.0 Å². The summed E-state index contributed by atoms with van der Waals surface area (Å²) < 4.78 is 4.84. The summed E-state index contributed by atoms with van der Waals surface area (Å²) in [4.78, 5) is 38.3. The Kier molecular flexibility index (Phi) is 5.73. The Morgan fingerprint density at radius 2 is 2.00 bits per heavy atom. The Balaban J connectivity index is 1.41. The molecule has 9 heteroatoms. The molecule has 3 aliphatic rings. The largest absolute Gasteiger partial charge is 0.450 e. The minimum atomic E-state index is -0.729. The summed E-state index contributed by atoms with van der Waals surface area (Å²) in [6.45, 7) is 1.89. The van der Waals surface area contributed by atoms with Gasteiger partial charge in [0, 0.05) is 10.6 Å². The summed E-state index contributed by atoms with van der Waals surface area (Å²) in [5, 5.41) is 7.81. The van der Waals surface area contributed by atoms with E-state index in [9.17, 15) is 14.4 Å². The van der Waals surface area contributed by atoms with Crippen molar-refractivity contribution in [3.05, 3.63) is 24.3 Å². The number of para-hydroxylation sites is 1. The lowest BCUT2D eigenvalue weighted by Gasteiger charge is -2.24. The van der Waals surface area contributed by atoms with Crippen molar-refractivity contribution in [1.82, 2.24) is 10.6 Å². The number of fused-ring (bicyclic) bond motifs is 1. The van der Waals surface area contributed by atoms with Crippen LogP contribution in [-0.4, -0.2) is 41.0 Å². The first-order valence-corrected chi connectivity index (χ1v) is 11.4. The molecule has 4 atom stereocenters. The second kappa shape index (κ2) is 8.24. The maximum Gasteiger partial charge on any atom is 0.413 e. The van der Waals surface area contributed by atoms with E-state index in [1.54, 1.807) is 18.7 Å². The highest BCUT2D eigenvalue weighted by Gasteiger charge is 2.49. The summed E-state index contributed by atoms with van der Waals surface area (Å²) in [7, 11) is 0. The van der Waals surface area contributed by atoms with Crippen LogP contribution in [0, 0.1) is 17.8 Å². The first kappa shape index (κ1) is 19.4. The third-order valence-electron chi connectivity index (χ3n) is 5.23. The summed E-state index contributed by atoms with van der Waals surface area (Å²) in [6, 6.07) is 7.79. The van der Waals surface area contributed by atoms with Gasteiger partial charge in [-0.25, -0.2) is 4.79 Å². The second-order valence-corrected chi connectivity index (χ2v) is 9.46. The van der Waals surface area contributed by atoms with Crippen LogP contribution < -0.4 is 16.0 Å². The maximum absolute atomic E-state index is 12.8. The molecule has 4 rings (SSSR count). The fraction of sp³-hybridized carbons (Fsp3) is 0.526. The number of nitrogens with one attached hydrogen (secondary N) is 3. The second-order valence-electron chi connectivity index (χ2n) is 7.14. The SMILES string of the molecule is CCOC(=O)NC(=O)C1C(NC(=O)C2Nc3ccccc3S2)SCC1C1CC1. The lowest BCUT2D eigenvalue weighted by atomic mass is 9.89.